The van der Waals surface area contributed by atoms with Gasteiger partial charge in [0.15, 0.2) is 0 Å². The van der Waals surface area contributed by atoms with E-state index in [1.54, 1.807) is 0 Å². The van der Waals surface area contributed by atoms with Crippen molar-refractivity contribution in [3.8, 4) is 0 Å². The van der Waals surface area contributed by atoms with Crippen molar-refractivity contribution < 1.29 is 14.6 Å². The lowest BCUT2D eigenvalue weighted by atomic mass is 9.44. The second-order valence-corrected chi connectivity index (χ2v) is 11.3. The molecule has 3 unspecified atom stereocenters. The van der Waals surface area contributed by atoms with Crippen LogP contribution >= 0.6 is 0 Å². The Morgan fingerprint density at radius 1 is 1.11 bits per heavy atom. The van der Waals surface area contributed by atoms with E-state index < -0.39 is 0 Å². The normalized spacial score (nSPS) is 48.9. The van der Waals surface area contributed by atoms with Gasteiger partial charge < -0.3 is 9.84 Å². The summed E-state index contributed by atoms with van der Waals surface area (Å²) in [5, 5.41) is 11.5. The molecule has 0 heterocycles. The van der Waals surface area contributed by atoms with Gasteiger partial charge in [0.25, 0.3) is 0 Å². The van der Waals surface area contributed by atoms with Crippen molar-refractivity contribution in [3.63, 3.8) is 0 Å². The third-order valence-electron chi connectivity index (χ3n) is 10.5. The van der Waals surface area contributed by atoms with Crippen LogP contribution in [-0.4, -0.2) is 24.3 Å². The van der Waals surface area contributed by atoms with Crippen molar-refractivity contribution in [2.24, 2.45) is 46.3 Å². The van der Waals surface area contributed by atoms with E-state index in [0.29, 0.717) is 29.6 Å². The number of carbonyl (C=O) groups excluding carboxylic acids is 1. The molecule has 0 radical (unpaired) electrons. The molecule has 4 aliphatic rings. The Hall–Kier alpha value is -0.570. The van der Waals surface area contributed by atoms with Crippen LogP contribution < -0.4 is 0 Å². The van der Waals surface area contributed by atoms with E-state index in [-0.39, 0.29) is 17.5 Å². The molecule has 4 rings (SSSR count). The molecule has 4 aliphatic carbocycles. The standard InChI is InChI=1S/C25H42O3/c1-16(8-13-23(27)28-4)19-11-12-20-18-10-9-17-7-5-6-14-24(17,2)21(18)15-22(26)25(19,20)3/h16-22,26H,5-15H2,1-4H3/t16-,17+,18?,19-,20?,21?,22+,24+,25-/m1/s1. The van der Waals surface area contributed by atoms with Crippen molar-refractivity contribution in [1.29, 1.82) is 0 Å². The Morgan fingerprint density at radius 2 is 1.89 bits per heavy atom. The number of ether oxygens (including phenoxy) is 1. The highest BCUT2D eigenvalue weighted by molar-refractivity contribution is 5.69. The maximum absolute atomic E-state index is 11.6. The number of carbonyl (C=O) groups is 1. The summed E-state index contributed by atoms with van der Waals surface area (Å²) in [6, 6.07) is 0. The zero-order valence-corrected chi connectivity index (χ0v) is 18.6. The Bertz CT molecular complexity index is 588. The van der Waals surface area contributed by atoms with Gasteiger partial charge in [-0.25, -0.2) is 0 Å². The van der Waals surface area contributed by atoms with Crippen LogP contribution in [0.3, 0.4) is 0 Å². The molecular formula is C25H42O3. The first-order valence-electron chi connectivity index (χ1n) is 12.1. The van der Waals surface area contributed by atoms with Crippen molar-refractivity contribution in [3.05, 3.63) is 0 Å². The van der Waals surface area contributed by atoms with Gasteiger partial charge in [-0.05, 0) is 97.7 Å². The maximum Gasteiger partial charge on any atom is 0.305 e. The Balaban J connectivity index is 1.54. The fourth-order valence-corrected chi connectivity index (χ4v) is 8.87. The molecule has 9 atom stereocenters. The summed E-state index contributed by atoms with van der Waals surface area (Å²) in [6.45, 7) is 7.29. The second kappa shape index (κ2) is 7.60. The summed E-state index contributed by atoms with van der Waals surface area (Å²) in [7, 11) is 1.48. The van der Waals surface area contributed by atoms with E-state index in [0.717, 1.165) is 30.6 Å². The minimum absolute atomic E-state index is 0.0363. The van der Waals surface area contributed by atoms with Crippen LogP contribution in [0, 0.1) is 46.3 Å². The quantitative estimate of drug-likeness (QED) is 0.636. The number of hydrogen-bond donors (Lipinski definition) is 1. The minimum atomic E-state index is -0.177. The molecule has 1 N–H and O–H groups in total. The molecule has 0 aromatic carbocycles. The molecule has 3 heteroatoms. The van der Waals surface area contributed by atoms with Crippen molar-refractivity contribution in [2.45, 2.75) is 97.5 Å². The summed E-state index contributed by atoms with van der Waals surface area (Å²) in [6.07, 6.45) is 13.2. The van der Waals surface area contributed by atoms with Gasteiger partial charge in [-0.2, -0.15) is 0 Å². The van der Waals surface area contributed by atoms with Crippen LogP contribution in [0.15, 0.2) is 0 Å². The molecule has 0 bridgehead atoms. The van der Waals surface area contributed by atoms with Gasteiger partial charge in [0, 0.05) is 6.42 Å². The molecular weight excluding hydrogens is 348 g/mol. The summed E-state index contributed by atoms with van der Waals surface area (Å²) >= 11 is 0. The lowest BCUT2D eigenvalue weighted by Gasteiger charge is -2.62. The average molecular weight is 391 g/mol. The third kappa shape index (κ3) is 3.06. The Kier molecular flexibility index (Phi) is 5.61. The summed E-state index contributed by atoms with van der Waals surface area (Å²) in [5.74, 6) is 4.02. The van der Waals surface area contributed by atoms with Gasteiger partial charge in [0.1, 0.15) is 0 Å². The number of hydrogen-bond acceptors (Lipinski definition) is 3. The van der Waals surface area contributed by atoms with Gasteiger partial charge >= 0.3 is 5.97 Å². The third-order valence-corrected chi connectivity index (χ3v) is 10.5. The summed E-state index contributed by atoms with van der Waals surface area (Å²) in [5.41, 5.74) is 0.507. The molecule has 0 aliphatic heterocycles. The molecule has 28 heavy (non-hydrogen) atoms. The smallest absolute Gasteiger partial charge is 0.305 e. The van der Waals surface area contributed by atoms with Crippen LogP contribution in [0.4, 0.5) is 0 Å². The van der Waals surface area contributed by atoms with Crippen molar-refractivity contribution in [2.75, 3.05) is 7.11 Å². The Morgan fingerprint density at radius 3 is 2.64 bits per heavy atom. The van der Waals surface area contributed by atoms with E-state index in [1.807, 2.05) is 0 Å². The lowest BCUT2D eigenvalue weighted by Crippen LogP contribution is -2.58. The molecule has 4 saturated carbocycles. The van der Waals surface area contributed by atoms with Crippen LogP contribution in [0.2, 0.25) is 0 Å². The second-order valence-electron chi connectivity index (χ2n) is 11.3. The molecule has 0 aromatic heterocycles. The molecule has 160 valence electrons. The van der Waals surface area contributed by atoms with Crippen LogP contribution in [0.1, 0.15) is 91.4 Å². The fourth-order valence-electron chi connectivity index (χ4n) is 8.87. The summed E-state index contributed by atoms with van der Waals surface area (Å²) < 4.78 is 4.86. The number of fused-ring (bicyclic) bond motifs is 5. The number of aliphatic hydroxyl groups excluding tert-OH is 1. The fraction of sp³-hybridized carbons (Fsp3) is 0.960. The predicted octanol–water partition coefficient (Wildman–Crippen LogP) is 5.60. The Labute approximate surface area is 172 Å². The molecule has 0 aromatic rings. The average Bonchev–Trinajstić information content (AvgIpc) is 3.05. The highest BCUT2D eigenvalue weighted by atomic mass is 16.5. The first-order valence-corrected chi connectivity index (χ1v) is 12.1. The highest BCUT2D eigenvalue weighted by Gasteiger charge is 2.63. The largest absolute Gasteiger partial charge is 0.469 e. The van der Waals surface area contributed by atoms with Gasteiger partial charge in [0.05, 0.1) is 13.2 Å². The van der Waals surface area contributed by atoms with Gasteiger partial charge in [-0.1, -0.05) is 33.6 Å². The zero-order valence-electron chi connectivity index (χ0n) is 18.6. The lowest BCUT2D eigenvalue weighted by molar-refractivity contribution is -0.168. The van der Waals surface area contributed by atoms with Crippen LogP contribution in [0.25, 0.3) is 0 Å². The van der Waals surface area contributed by atoms with E-state index in [1.165, 1.54) is 58.5 Å². The molecule has 0 amide bonds. The van der Waals surface area contributed by atoms with Crippen LogP contribution in [0.5, 0.6) is 0 Å². The van der Waals surface area contributed by atoms with Gasteiger partial charge in [-0.3, -0.25) is 4.79 Å². The van der Waals surface area contributed by atoms with Gasteiger partial charge in [-0.15, -0.1) is 0 Å². The van der Waals surface area contributed by atoms with E-state index in [2.05, 4.69) is 20.8 Å². The van der Waals surface area contributed by atoms with E-state index in [9.17, 15) is 9.90 Å². The first kappa shape index (κ1) is 20.7. The van der Waals surface area contributed by atoms with E-state index >= 15 is 0 Å². The topological polar surface area (TPSA) is 46.5 Å². The molecule has 0 saturated heterocycles. The number of rotatable bonds is 4. The summed E-state index contributed by atoms with van der Waals surface area (Å²) in [4.78, 5) is 11.6. The highest BCUT2D eigenvalue weighted by Crippen LogP contribution is 2.68. The molecule has 4 fully saturated rings. The first-order chi connectivity index (χ1) is 13.3. The number of aliphatic hydroxyl groups is 1. The van der Waals surface area contributed by atoms with Crippen molar-refractivity contribution >= 4 is 5.97 Å². The number of methoxy groups -OCH3 is 1. The monoisotopic (exact) mass is 390 g/mol. The van der Waals surface area contributed by atoms with Crippen LogP contribution in [-0.2, 0) is 9.53 Å². The van der Waals surface area contributed by atoms with E-state index in [4.69, 9.17) is 4.74 Å². The maximum atomic E-state index is 11.6. The number of esters is 1. The van der Waals surface area contributed by atoms with Gasteiger partial charge in [0.2, 0.25) is 0 Å². The predicted molar refractivity (Wildman–Crippen MR) is 112 cm³/mol. The SMILES string of the molecule is COC(=O)CC[C@@H](C)[C@H]1CCC2C3CC[C@@H]4CCCC[C@]4(C)C3C[C@H](O)[C@@]21C. The minimum Gasteiger partial charge on any atom is -0.469 e. The zero-order chi connectivity index (χ0) is 20.1. The molecule has 3 nitrogen and oxygen atoms in total. The molecule has 0 spiro atoms. The van der Waals surface area contributed by atoms with Crippen molar-refractivity contribution in [1.82, 2.24) is 0 Å².